The zero-order chi connectivity index (χ0) is 22.3. The lowest BCUT2D eigenvalue weighted by molar-refractivity contribution is -0.127. The summed E-state index contributed by atoms with van der Waals surface area (Å²) in [5.74, 6) is -0.244. The Labute approximate surface area is 197 Å². The van der Waals surface area contributed by atoms with Gasteiger partial charge in [0.15, 0.2) is 0 Å². The van der Waals surface area contributed by atoms with Crippen molar-refractivity contribution in [2.24, 2.45) is 0 Å². The molecule has 1 aliphatic heterocycles. The van der Waals surface area contributed by atoms with Crippen LogP contribution in [0.4, 0.5) is 5.69 Å². The molecule has 5 nitrogen and oxygen atoms in total. The Balaban J connectivity index is 1.54. The number of halogens is 1. The summed E-state index contributed by atoms with van der Waals surface area (Å²) < 4.78 is 3.08. The van der Waals surface area contributed by atoms with Crippen molar-refractivity contribution in [1.82, 2.24) is 9.88 Å². The highest BCUT2D eigenvalue weighted by Crippen LogP contribution is 2.37. The SMILES string of the molecule is C[C@@]1(C(=O)NC2CCCCCCC2)Cn2c(cc3sccc32)C(=O)N1c1ccc(Cl)cc1. The summed E-state index contributed by atoms with van der Waals surface area (Å²) in [6.45, 7) is 2.30. The second-order valence-corrected chi connectivity index (χ2v) is 10.6. The van der Waals surface area contributed by atoms with Gasteiger partial charge in [0.05, 0.1) is 16.8 Å². The van der Waals surface area contributed by atoms with Crippen molar-refractivity contribution >= 4 is 50.7 Å². The van der Waals surface area contributed by atoms with Crippen molar-refractivity contribution in [3.8, 4) is 0 Å². The van der Waals surface area contributed by atoms with Crippen LogP contribution >= 0.6 is 22.9 Å². The number of hydrogen-bond acceptors (Lipinski definition) is 3. The molecular weight excluding hydrogens is 442 g/mol. The molecule has 1 atom stereocenters. The molecule has 1 fully saturated rings. The summed E-state index contributed by atoms with van der Waals surface area (Å²) in [4.78, 5) is 29.3. The Kier molecular flexibility index (Phi) is 5.76. The monoisotopic (exact) mass is 469 g/mol. The molecule has 0 spiro atoms. The van der Waals surface area contributed by atoms with Crippen LogP contribution in [0.5, 0.6) is 0 Å². The fraction of sp³-hybridized carbons (Fsp3) is 0.440. The predicted octanol–water partition coefficient (Wildman–Crippen LogP) is 6.00. The first kappa shape index (κ1) is 21.5. The standard InChI is InChI=1S/C25H28ClN3O2S/c1-25(24(31)27-18-7-5-3-2-4-6-8-18)16-28-20-13-14-32-22(20)15-21(28)23(30)29(25)19-11-9-17(26)10-12-19/h9-15,18H,2-8,16H2,1H3,(H,27,31)/t25-/m0/s1. The number of rotatable bonds is 3. The van der Waals surface area contributed by atoms with Gasteiger partial charge in [-0.25, -0.2) is 0 Å². The van der Waals surface area contributed by atoms with Gasteiger partial charge in [-0.1, -0.05) is 43.7 Å². The average molecular weight is 470 g/mol. The summed E-state index contributed by atoms with van der Waals surface area (Å²) in [6, 6.07) is 11.3. The lowest BCUT2D eigenvalue weighted by atomic mass is 9.91. The van der Waals surface area contributed by atoms with Gasteiger partial charge in [-0.2, -0.15) is 0 Å². The first-order valence-electron chi connectivity index (χ1n) is 11.5. The zero-order valence-electron chi connectivity index (χ0n) is 18.3. The van der Waals surface area contributed by atoms with Gasteiger partial charge in [-0.05, 0) is 61.5 Å². The Hall–Kier alpha value is -2.31. The molecule has 2 aromatic heterocycles. The largest absolute Gasteiger partial charge is 0.351 e. The Morgan fingerprint density at radius 3 is 2.50 bits per heavy atom. The van der Waals surface area contributed by atoms with Gasteiger partial charge in [0, 0.05) is 16.8 Å². The van der Waals surface area contributed by atoms with Crippen molar-refractivity contribution in [3.63, 3.8) is 0 Å². The molecule has 3 aromatic rings. The van der Waals surface area contributed by atoms with Crippen molar-refractivity contribution in [2.75, 3.05) is 4.90 Å². The Morgan fingerprint density at radius 2 is 1.78 bits per heavy atom. The molecule has 168 valence electrons. The minimum atomic E-state index is -1.05. The number of thiophene rings is 1. The molecule has 0 radical (unpaired) electrons. The summed E-state index contributed by atoms with van der Waals surface area (Å²) in [7, 11) is 0. The van der Waals surface area contributed by atoms with Gasteiger partial charge in [0.25, 0.3) is 5.91 Å². The number of aromatic nitrogens is 1. The molecule has 32 heavy (non-hydrogen) atoms. The molecule has 1 N–H and O–H groups in total. The van der Waals surface area contributed by atoms with E-state index in [-0.39, 0.29) is 17.9 Å². The smallest absolute Gasteiger partial charge is 0.275 e. The maximum absolute atomic E-state index is 13.8. The molecule has 0 unspecified atom stereocenters. The predicted molar refractivity (Wildman–Crippen MR) is 131 cm³/mol. The number of amides is 2. The molecular formula is C25H28ClN3O2S. The topological polar surface area (TPSA) is 54.3 Å². The number of nitrogens with one attached hydrogen (secondary N) is 1. The third-order valence-electron chi connectivity index (χ3n) is 6.92. The number of carbonyl (C=O) groups excluding carboxylic acids is 2. The summed E-state index contributed by atoms with van der Waals surface area (Å²) in [6.07, 6.45) is 8.01. The van der Waals surface area contributed by atoms with Crippen LogP contribution in [0.15, 0.2) is 41.8 Å². The lowest BCUT2D eigenvalue weighted by Crippen LogP contribution is -2.65. The van der Waals surface area contributed by atoms with Crippen molar-refractivity contribution in [1.29, 1.82) is 0 Å². The summed E-state index contributed by atoms with van der Waals surface area (Å²) in [5.41, 5.74) is 1.27. The highest BCUT2D eigenvalue weighted by atomic mass is 35.5. The molecule has 3 heterocycles. The van der Waals surface area contributed by atoms with Crippen molar-refractivity contribution in [2.45, 2.75) is 70.0 Å². The number of hydrogen-bond donors (Lipinski definition) is 1. The van der Waals surface area contributed by atoms with Crippen molar-refractivity contribution < 1.29 is 9.59 Å². The first-order valence-corrected chi connectivity index (χ1v) is 12.7. The quantitative estimate of drug-likeness (QED) is 0.511. The second kappa shape index (κ2) is 8.56. The van der Waals surface area contributed by atoms with E-state index >= 15 is 0 Å². The minimum absolute atomic E-state index is 0.0888. The average Bonchev–Trinajstić information content (AvgIpc) is 3.34. The van der Waals surface area contributed by atoms with Crippen molar-refractivity contribution in [3.05, 3.63) is 52.5 Å². The second-order valence-electron chi connectivity index (χ2n) is 9.19. The number of anilines is 1. The van der Waals surface area contributed by atoms with E-state index in [0.717, 1.165) is 35.9 Å². The van der Waals surface area contributed by atoms with Crippen LogP contribution in [0.25, 0.3) is 10.2 Å². The summed E-state index contributed by atoms with van der Waals surface area (Å²) >= 11 is 7.73. The molecule has 0 saturated heterocycles. The number of benzene rings is 1. The Bertz CT molecular complexity index is 1140. The van der Waals surface area contributed by atoms with Crippen LogP contribution < -0.4 is 10.2 Å². The van der Waals surface area contributed by atoms with Gasteiger partial charge < -0.3 is 9.88 Å². The van der Waals surface area contributed by atoms with Crippen LogP contribution in [-0.2, 0) is 11.3 Å². The lowest BCUT2D eigenvalue weighted by Gasteiger charge is -2.44. The van der Waals surface area contributed by atoms with Crippen LogP contribution in [0.2, 0.25) is 5.02 Å². The normalized spacial score (nSPS) is 22.4. The molecule has 1 aliphatic carbocycles. The summed E-state index contributed by atoms with van der Waals surface area (Å²) in [5, 5.41) is 5.95. The third kappa shape index (κ3) is 3.73. The molecule has 5 rings (SSSR count). The molecule has 0 bridgehead atoms. The van der Waals surface area contributed by atoms with Gasteiger partial charge in [-0.15, -0.1) is 11.3 Å². The molecule has 2 aliphatic rings. The van der Waals surface area contributed by atoms with E-state index in [4.69, 9.17) is 11.6 Å². The maximum atomic E-state index is 13.8. The van der Waals surface area contributed by atoms with E-state index in [1.165, 1.54) is 19.3 Å². The van der Waals surface area contributed by atoms with Gasteiger partial charge in [0.1, 0.15) is 11.2 Å². The number of nitrogens with zero attached hydrogens (tertiary/aromatic N) is 2. The van der Waals surface area contributed by atoms with Crippen LogP contribution in [0, 0.1) is 0 Å². The van der Waals surface area contributed by atoms with Gasteiger partial charge in [-0.3, -0.25) is 14.5 Å². The number of carbonyl (C=O) groups is 2. The number of fused-ring (bicyclic) bond motifs is 3. The highest BCUT2D eigenvalue weighted by Gasteiger charge is 2.49. The van der Waals surface area contributed by atoms with E-state index in [2.05, 4.69) is 5.32 Å². The Morgan fingerprint density at radius 1 is 1.09 bits per heavy atom. The zero-order valence-corrected chi connectivity index (χ0v) is 19.8. The fourth-order valence-corrected chi connectivity index (χ4v) is 6.10. The molecule has 7 heteroatoms. The maximum Gasteiger partial charge on any atom is 0.275 e. The first-order chi connectivity index (χ1) is 15.5. The van der Waals surface area contributed by atoms with E-state index in [1.54, 1.807) is 28.4 Å². The van der Waals surface area contributed by atoms with Crippen LogP contribution in [0.3, 0.4) is 0 Å². The minimum Gasteiger partial charge on any atom is -0.351 e. The van der Waals surface area contributed by atoms with Gasteiger partial charge >= 0.3 is 0 Å². The van der Waals surface area contributed by atoms with E-state index in [1.807, 2.05) is 41.1 Å². The van der Waals surface area contributed by atoms with Crippen LogP contribution in [0.1, 0.15) is 62.4 Å². The van der Waals surface area contributed by atoms with Crippen LogP contribution in [-0.4, -0.2) is 28.0 Å². The van der Waals surface area contributed by atoms with E-state index in [9.17, 15) is 9.59 Å². The highest BCUT2D eigenvalue weighted by molar-refractivity contribution is 7.17. The third-order valence-corrected chi connectivity index (χ3v) is 8.02. The van der Waals surface area contributed by atoms with E-state index in [0.29, 0.717) is 22.9 Å². The van der Waals surface area contributed by atoms with Gasteiger partial charge in [0.2, 0.25) is 5.91 Å². The van der Waals surface area contributed by atoms with E-state index < -0.39 is 5.54 Å². The molecule has 2 amide bonds. The molecule has 1 saturated carbocycles. The molecule has 1 aromatic carbocycles. The fourth-order valence-electron chi connectivity index (χ4n) is 5.15.